The second-order valence-electron chi connectivity index (χ2n) is 2.15. The van der Waals surface area contributed by atoms with Crippen LogP contribution in [0.25, 0.3) is 0 Å². The number of rotatable bonds is 2. The number of nitrogens with one attached hydrogen (secondary N) is 1. The van der Waals surface area contributed by atoms with Crippen LogP contribution in [0.15, 0.2) is 5.38 Å². The summed E-state index contributed by atoms with van der Waals surface area (Å²) in [6.45, 7) is 4.41. The molecule has 4 heteroatoms. The van der Waals surface area contributed by atoms with Gasteiger partial charge in [0, 0.05) is 17.6 Å². The van der Waals surface area contributed by atoms with Gasteiger partial charge in [0.15, 0.2) is 5.01 Å². The van der Waals surface area contributed by atoms with Gasteiger partial charge in [0.05, 0.1) is 0 Å². The van der Waals surface area contributed by atoms with Gasteiger partial charge in [-0.1, -0.05) is 0 Å². The Balaban J connectivity index is 2.69. The summed E-state index contributed by atoms with van der Waals surface area (Å²) in [5.41, 5.74) is 0.899. The second-order valence-corrected chi connectivity index (χ2v) is 3.01. The van der Waals surface area contributed by atoms with Gasteiger partial charge in [-0.3, -0.25) is 4.79 Å². The number of aromatic nitrogens is 1. The molecule has 0 aliphatic rings. The van der Waals surface area contributed by atoms with Gasteiger partial charge in [0.2, 0.25) is 0 Å². The van der Waals surface area contributed by atoms with Crippen LogP contribution in [0.3, 0.4) is 0 Å². The molecule has 0 spiro atoms. The van der Waals surface area contributed by atoms with Crippen molar-refractivity contribution in [3.63, 3.8) is 0 Å². The molecule has 0 aliphatic carbocycles. The normalized spacial score (nSPS) is 9.64. The van der Waals surface area contributed by atoms with E-state index in [1.54, 1.807) is 0 Å². The van der Waals surface area contributed by atoms with Crippen LogP contribution < -0.4 is 5.32 Å². The molecule has 1 rings (SSSR count). The molecule has 0 bridgehead atoms. The van der Waals surface area contributed by atoms with Gasteiger partial charge in [-0.2, -0.15) is 0 Å². The lowest BCUT2D eigenvalue weighted by Crippen LogP contribution is -2.22. The van der Waals surface area contributed by atoms with Crippen LogP contribution in [-0.2, 0) is 0 Å². The first kappa shape index (κ1) is 8.20. The van der Waals surface area contributed by atoms with E-state index in [4.69, 9.17) is 0 Å². The maximum Gasteiger partial charge on any atom is 0.280 e. The van der Waals surface area contributed by atoms with Crippen LogP contribution in [-0.4, -0.2) is 17.4 Å². The standard InChI is InChI=1S/C7H10N2OS/c1-3-8-6(10)7-9-5(2)4-11-7/h4H,3H2,1-2H3,(H,8,10). The minimum atomic E-state index is -0.0781. The van der Waals surface area contributed by atoms with Crippen LogP contribution in [0.1, 0.15) is 22.4 Å². The monoisotopic (exact) mass is 170 g/mol. The third-order valence-corrected chi connectivity index (χ3v) is 2.11. The van der Waals surface area contributed by atoms with Crippen LogP contribution >= 0.6 is 11.3 Å². The molecule has 0 aromatic carbocycles. The average molecular weight is 170 g/mol. The van der Waals surface area contributed by atoms with Gasteiger partial charge in [0.25, 0.3) is 5.91 Å². The first-order chi connectivity index (χ1) is 5.24. The van der Waals surface area contributed by atoms with Crippen LogP contribution in [0.5, 0.6) is 0 Å². The van der Waals surface area contributed by atoms with Crippen molar-refractivity contribution >= 4 is 17.2 Å². The van der Waals surface area contributed by atoms with E-state index in [-0.39, 0.29) is 5.91 Å². The number of nitrogens with zero attached hydrogens (tertiary/aromatic N) is 1. The largest absolute Gasteiger partial charge is 0.350 e. The highest BCUT2D eigenvalue weighted by atomic mass is 32.1. The van der Waals surface area contributed by atoms with Gasteiger partial charge >= 0.3 is 0 Å². The van der Waals surface area contributed by atoms with Gasteiger partial charge in [-0.25, -0.2) is 4.98 Å². The highest BCUT2D eigenvalue weighted by molar-refractivity contribution is 7.11. The Morgan fingerprint density at radius 3 is 3.00 bits per heavy atom. The zero-order valence-electron chi connectivity index (χ0n) is 6.55. The number of aryl methyl sites for hydroxylation is 1. The number of amides is 1. The van der Waals surface area contributed by atoms with E-state index >= 15 is 0 Å². The van der Waals surface area contributed by atoms with Crippen LogP contribution in [0, 0.1) is 6.92 Å². The molecular weight excluding hydrogens is 160 g/mol. The van der Waals surface area contributed by atoms with E-state index in [2.05, 4.69) is 10.3 Å². The molecule has 0 radical (unpaired) electrons. The van der Waals surface area contributed by atoms with Gasteiger partial charge in [0.1, 0.15) is 0 Å². The molecule has 0 aliphatic heterocycles. The predicted octanol–water partition coefficient (Wildman–Crippen LogP) is 1.20. The van der Waals surface area contributed by atoms with Gasteiger partial charge in [-0.15, -0.1) is 11.3 Å². The van der Waals surface area contributed by atoms with Crippen molar-refractivity contribution in [3.8, 4) is 0 Å². The first-order valence-corrected chi connectivity index (χ1v) is 4.32. The Labute approximate surface area is 69.5 Å². The highest BCUT2D eigenvalue weighted by Crippen LogP contribution is 2.07. The van der Waals surface area contributed by atoms with Gasteiger partial charge in [-0.05, 0) is 13.8 Å². The van der Waals surface area contributed by atoms with E-state index in [0.29, 0.717) is 11.6 Å². The number of hydrogen-bond acceptors (Lipinski definition) is 3. The molecule has 0 fully saturated rings. The summed E-state index contributed by atoms with van der Waals surface area (Å²) in [4.78, 5) is 15.1. The first-order valence-electron chi connectivity index (χ1n) is 3.44. The molecule has 0 unspecified atom stereocenters. The van der Waals surface area contributed by atoms with E-state index in [1.165, 1.54) is 11.3 Å². The number of carbonyl (C=O) groups is 1. The van der Waals surface area contributed by atoms with Crippen molar-refractivity contribution in [1.29, 1.82) is 0 Å². The lowest BCUT2D eigenvalue weighted by Gasteiger charge is -1.94. The SMILES string of the molecule is CCNC(=O)c1nc(C)cs1. The maximum atomic E-state index is 11.1. The fraction of sp³-hybridized carbons (Fsp3) is 0.429. The van der Waals surface area contributed by atoms with E-state index in [1.807, 2.05) is 19.2 Å². The van der Waals surface area contributed by atoms with Crippen molar-refractivity contribution < 1.29 is 4.79 Å². The molecule has 1 aromatic heterocycles. The molecule has 3 nitrogen and oxygen atoms in total. The van der Waals surface area contributed by atoms with Crippen molar-refractivity contribution in [2.45, 2.75) is 13.8 Å². The summed E-state index contributed by atoms with van der Waals surface area (Å²) in [6.07, 6.45) is 0. The lowest BCUT2D eigenvalue weighted by atomic mass is 10.5. The lowest BCUT2D eigenvalue weighted by molar-refractivity contribution is 0.0955. The Morgan fingerprint density at radius 1 is 1.82 bits per heavy atom. The van der Waals surface area contributed by atoms with Crippen molar-refractivity contribution in [3.05, 3.63) is 16.1 Å². The molecular formula is C7H10N2OS. The Morgan fingerprint density at radius 2 is 2.55 bits per heavy atom. The van der Waals surface area contributed by atoms with Crippen molar-refractivity contribution in [2.75, 3.05) is 6.54 Å². The summed E-state index contributed by atoms with van der Waals surface area (Å²) < 4.78 is 0. The summed E-state index contributed by atoms with van der Waals surface area (Å²) in [5.74, 6) is -0.0781. The topological polar surface area (TPSA) is 42.0 Å². The van der Waals surface area contributed by atoms with Crippen LogP contribution in [0.4, 0.5) is 0 Å². The molecule has 60 valence electrons. The number of hydrogen-bond donors (Lipinski definition) is 1. The third-order valence-electron chi connectivity index (χ3n) is 1.15. The summed E-state index contributed by atoms with van der Waals surface area (Å²) >= 11 is 1.37. The Bertz CT molecular complexity index is 257. The third kappa shape index (κ3) is 2.01. The molecule has 1 heterocycles. The van der Waals surface area contributed by atoms with Crippen LogP contribution in [0.2, 0.25) is 0 Å². The highest BCUT2D eigenvalue weighted by Gasteiger charge is 2.06. The summed E-state index contributed by atoms with van der Waals surface area (Å²) in [5, 5.41) is 5.10. The van der Waals surface area contributed by atoms with E-state index in [9.17, 15) is 4.79 Å². The molecule has 1 N–H and O–H groups in total. The predicted molar refractivity (Wildman–Crippen MR) is 44.9 cm³/mol. The minimum Gasteiger partial charge on any atom is -0.350 e. The van der Waals surface area contributed by atoms with E-state index in [0.717, 1.165) is 5.69 Å². The molecule has 0 saturated heterocycles. The maximum absolute atomic E-state index is 11.1. The molecule has 1 amide bonds. The minimum absolute atomic E-state index is 0.0781. The zero-order valence-corrected chi connectivity index (χ0v) is 7.36. The molecule has 1 aromatic rings. The Hall–Kier alpha value is -0.900. The average Bonchev–Trinajstić information content (AvgIpc) is 2.36. The van der Waals surface area contributed by atoms with Crippen molar-refractivity contribution in [2.24, 2.45) is 0 Å². The number of carbonyl (C=O) groups excluding carboxylic acids is 1. The van der Waals surface area contributed by atoms with Crippen molar-refractivity contribution in [1.82, 2.24) is 10.3 Å². The Kier molecular flexibility index (Phi) is 2.59. The second kappa shape index (κ2) is 3.48. The van der Waals surface area contributed by atoms with E-state index < -0.39 is 0 Å². The quantitative estimate of drug-likeness (QED) is 0.724. The summed E-state index contributed by atoms with van der Waals surface area (Å²) in [7, 11) is 0. The fourth-order valence-electron chi connectivity index (χ4n) is 0.694. The smallest absolute Gasteiger partial charge is 0.280 e. The summed E-state index contributed by atoms with van der Waals surface area (Å²) in [6, 6.07) is 0. The molecule has 0 atom stereocenters. The zero-order chi connectivity index (χ0) is 8.27. The van der Waals surface area contributed by atoms with Gasteiger partial charge < -0.3 is 5.32 Å². The fourth-order valence-corrected chi connectivity index (χ4v) is 1.41. The number of thiazole rings is 1. The molecule has 0 saturated carbocycles. The molecule has 11 heavy (non-hydrogen) atoms.